The maximum atomic E-state index is 10.6. The normalized spacial score (nSPS) is 12.8. The van der Waals surface area contributed by atoms with E-state index in [-0.39, 0.29) is 0 Å². The molecular formula is C9H18O3. The first-order chi connectivity index (χ1) is 5.72. The molecule has 0 rings (SSSR count). The molecule has 0 aliphatic heterocycles. The molecule has 0 fully saturated rings. The number of carboxylic acid groups (broad SMARTS) is 1. The second kappa shape index (κ2) is 7.10. The highest BCUT2D eigenvalue weighted by atomic mass is 16.5. The third kappa shape index (κ3) is 5.13. The minimum absolute atomic E-state index is 0.563. The number of carbonyl (C=O) groups is 1. The smallest absolute Gasteiger partial charge is 0.332 e. The van der Waals surface area contributed by atoms with Gasteiger partial charge in [-0.15, -0.1) is 0 Å². The Labute approximate surface area is 73.7 Å². The lowest BCUT2D eigenvalue weighted by molar-refractivity contribution is -0.150. The number of carboxylic acids is 1. The zero-order valence-electron chi connectivity index (χ0n) is 7.88. The van der Waals surface area contributed by atoms with E-state index in [1.54, 1.807) is 0 Å². The molecule has 0 saturated heterocycles. The van der Waals surface area contributed by atoms with Crippen LogP contribution in [0.2, 0.25) is 0 Å². The molecule has 1 atom stereocenters. The van der Waals surface area contributed by atoms with Gasteiger partial charge in [-0.3, -0.25) is 0 Å². The number of rotatable bonds is 7. The van der Waals surface area contributed by atoms with E-state index in [2.05, 4.69) is 6.92 Å². The molecule has 0 aliphatic rings. The van der Waals surface area contributed by atoms with Crippen molar-refractivity contribution < 1.29 is 14.6 Å². The topological polar surface area (TPSA) is 46.5 Å². The number of ether oxygens (including phenoxy) is 1. The molecule has 0 heterocycles. The van der Waals surface area contributed by atoms with Crippen LogP contribution >= 0.6 is 0 Å². The second-order valence-electron chi connectivity index (χ2n) is 2.84. The van der Waals surface area contributed by atoms with Crippen LogP contribution in [0.5, 0.6) is 0 Å². The van der Waals surface area contributed by atoms with Gasteiger partial charge in [0, 0.05) is 6.61 Å². The molecule has 0 aromatic carbocycles. The molecule has 1 N–H and O–H groups in total. The number of hydrogen-bond donors (Lipinski definition) is 1. The Balaban J connectivity index is 3.56. The van der Waals surface area contributed by atoms with Crippen LogP contribution < -0.4 is 0 Å². The first-order valence-corrected chi connectivity index (χ1v) is 4.56. The van der Waals surface area contributed by atoms with Gasteiger partial charge in [0.1, 0.15) is 0 Å². The first-order valence-electron chi connectivity index (χ1n) is 4.56. The average Bonchev–Trinajstić information content (AvgIpc) is 2.03. The predicted molar refractivity (Wildman–Crippen MR) is 47.2 cm³/mol. The largest absolute Gasteiger partial charge is 0.479 e. The summed E-state index contributed by atoms with van der Waals surface area (Å²) >= 11 is 0. The van der Waals surface area contributed by atoms with Crippen LogP contribution in [0.1, 0.15) is 39.5 Å². The van der Waals surface area contributed by atoms with Crippen LogP contribution in [0, 0.1) is 0 Å². The van der Waals surface area contributed by atoms with Gasteiger partial charge < -0.3 is 9.84 Å². The van der Waals surface area contributed by atoms with Crippen LogP contribution in [-0.4, -0.2) is 23.8 Å². The lowest BCUT2D eigenvalue weighted by Gasteiger charge is -2.11. The van der Waals surface area contributed by atoms with Crippen molar-refractivity contribution in [2.45, 2.75) is 45.6 Å². The van der Waals surface area contributed by atoms with Gasteiger partial charge in [0.25, 0.3) is 0 Å². The van der Waals surface area contributed by atoms with E-state index in [4.69, 9.17) is 9.84 Å². The van der Waals surface area contributed by atoms with Crippen molar-refractivity contribution in [3.8, 4) is 0 Å². The predicted octanol–water partition coefficient (Wildman–Crippen LogP) is 2.06. The molecule has 72 valence electrons. The number of unbranched alkanes of at least 4 members (excludes halogenated alkanes) is 1. The lowest BCUT2D eigenvalue weighted by atomic mass is 10.2. The Morgan fingerprint density at radius 3 is 2.50 bits per heavy atom. The summed E-state index contributed by atoms with van der Waals surface area (Å²) in [6, 6.07) is 0. The van der Waals surface area contributed by atoms with Gasteiger partial charge in [-0.1, -0.05) is 26.7 Å². The monoisotopic (exact) mass is 174 g/mol. The summed E-state index contributed by atoms with van der Waals surface area (Å²) in [5, 5.41) is 8.68. The summed E-state index contributed by atoms with van der Waals surface area (Å²) in [5.41, 5.74) is 0. The van der Waals surface area contributed by atoms with Gasteiger partial charge >= 0.3 is 5.97 Å². The standard InChI is InChI=1S/C9H18O3/c1-3-5-7-12-8(6-4-2)9(10)11/h8H,3-7H2,1-2H3,(H,10,11). The van der Waals surface area contributed by atoms with E-state index in [9.17, 15) is 4.79 Å². The van der Waals surface area contributed by atoms with E-state index < -0.39 is 12.1 Å². The highest BCUT2D eigenvalue weighted by Crippen LogP contribution is 2.03. The molecule has 0 radical (unpaired) electrons. The Morgan fingerprint density at radius 2 is 2.08 bits per heavy atom. The maximum Gasteiger partial charge on any atom is 0.332 e. The van der Waals surface area contributed by atoms with Gasteiger partial charge in [0.15, 0.2) is 6.10 Å². The third-order valence-corrected chi connectivity index (χ3v) is 1.64. The molecule has 0 bridgehead atoms. The molecule has 3 nitrogen and oxygen atoms in total. The van der Waals surface area contributed by atoms with Crippen LogP contribution in [0.25, 0.3) is 0 Å². The second-order valence-corrected chi connectivity index (χ2v) is 2.84. The van der Waals surface area contributed by atoms with E-state index in [1.807, 2.05) is 6.92 Å². The van der Waals surface area contributed by atoms with E-state index in [0.717, 1.165) is 19.3 Å². The Bertz CT molecular complexity index is 123. The molecule has 0 saturated carbocycles. The zero-order chi connectivity index (χ0) is 9.40. The van der Waals surface area contributed by atoms with Crippen LogP contribution in [0.15, 0.2) is 0 Å². The molecule has 3 heteroatoms. The van der Waals surface area contributed by atoms with Gasteiger partial charge in [-0.05, 0) is 12.8 Å². The Kier molecular flexibility index (Phi) is 6.76. The van der Waals surface area contributed by atoms with Crippen molar-refractivity contribution in [3.05, 3.63) is 0 Å². The van der Waals surface area contributed by atoms with Crippen molar-refractivity contribution in [2.75, 3.05) is 6.61 Å². The summed E-state index contributed by atoms with van der Waals surface area (Å²) in [6.07, 6.45) is 2.84. The molecule has 0 amide bonds. The van der Waals surface area contributed by atoms with Gasteiger partial charge in [0.2, 0.25) is 0 Å². The van der Waals surface area contributed by atoms with Crippen LogP contribution in [0.3, 0.4) is 0 Å². The highest BCUT2D eigenvalue weighted by molar-refractivity contribution is 5.72. The summed E-state index contributed by atoms with van der Waals surface area (Å²) < 4.78 is 5.18. The molecule has 0 spiro atoms. The van der Waals surface area contributed by atoms with Crippen molar-refractivity contribution in [1.82, 2.24) is 0 Å². The van der Waals surface area contributed by atoms with E-state index in [0.29, 0.717) is 13.0 Å². The lowest BCUT2D eigenvalue weighted by Crippen LogP contribution is -2.24. The number of aliphatic carboxylic acids is 1. The fourth-order valence-corrected chi connectivity index (χ4v) is 0.910. The van der Waals surface area contributed by atoms with Gasteiger partial charge in [-0.25, -0.2) is 4.79 Å². The SMILES string of the molecule is CCCCOC(CCC)C(=O)O. The third-order valence-electron chi connectivity index (χ3n) is 1.64. The highest BCUT2D eigenvalue weighted by Gasteiger charge is 2.15. The van der Waals surface area contributed by atoms with Gasteiger partial charge in [0.05, 0.1) is 0 Å². The van der Waals surface area contributed by atoms with Crippen molar-refractivity contribution in [3.63, 3.8) is 0 Å². The molecule has 12 heavy (non-hydrogen) atoms. The van der Waals surface area contributed by atoms with Crippen molar-refractivity contribution >= 4 is 5.97 Å². The fourth-order valence-electron chi connectivity index (χ4n) is 0.910. The van der Waals surface area contributed by atoms with E-state index in [1.165, 1.54) is 0 Å². The minimum atomic E-state index is -0.840. The molecule has 0 aliphatic carbocycles. The molecule has 0 aromatic heterocycles. The molecule has 0 aromatic rings. The summed E-state index contributed by atoms with van der Waals surface area (Å²) in [6.45, 7) is 4.57. The van der Waals surface area contributed by atoms with E-state index >= 15 is 0 Å². The number of hydrogen-bond acceptors (Lipinski definition) is 2. The Morgan fingerprint density at radius 1 is 1.42 bits per heavy atom. The van der Waals surface area contributed by atoms with Crippen molar-refractivity contribution in [1.29, 1.82) is 0 Å². The molecular weight excluding hydrogens is 156 g/mol. The maximum absolute atomic E-state index is 10.6. The summed E-state index contributed by atoms with van der Waals surface area (Å²) in [7, 11) is 0. The summed E-state index contributed by atoms with van der Waals surface area (Å²) in [4.78, 5) is 10.6. The fraction of sp³-hybridized carbons (Fsp3) is 0.889. The quantitative estimate of drug-likeness (QED) is 0.601. The van der Waals surface area contributed by atoms with Crippen LogP contribution in [-0.2, 0) is 9.53 Å². The zero-order valence-corrected chi connectivity index (χ0v) is 7.88. The summed E-state index contributed by atoms with van der Waals surface area (Å²) in [5.74, 6) is -0.840. The average molecular weight is 174 g/mol. The minimum Gasteiger partial charge on any atom is -0.479 e. The Hall–Kier alpha value is -0.570. The molecule has 1 unspecified atom stereocenters. The van der Waals surface area contributed by atoms with Crippen LogP contribution in [0.4, 0.5) is 0 Å². The van der Waals surface area contributed by atoms with Gasteiger partial charge in [-0.2, -0.15) is 0 Å². The first kappa shape index (κ1) is 11.4. The van der Waals surface area contributed by atoms with Crippen molar-refractivity contribution in [2.24, 2.45) is 0 Å².